The standard InChI is InChI=1S/C20H25BrFN3O2S/c1-24(12-17-10-15(21)13-28-17)20(26)23-16-5-7-25(8-6-16)11-14-3-4-19(27-2)18(22)9-14/h3-4,9-10,13,16H,5-8,11-12H2,1-2H3,(H,23,26). The van der Waals surface area contributed by atoms with Gasteiger partial charge in [0.25, 0.3) is 0 Å². The molecule has 2 aromatic rings. The Labute approximate surface area is 177 Å². The van der Waals surface area contributed by atoms with Crippen LogP contribution in [0.5, 0.6) is 5.75 Å². The van der Waals surface area contributed by atoms with Crippen molar-refractivity contribution in [2.24, 2.45) is 0 Å². The van der Waals surface area contributed by atoms with Crippen molar-refractivity contribution in [2.45, 2.75) is 32.0 Å². The molecule has 1 aromatic carbocycles. The lowest BCUT2D eigenvalue weighted by atomic mass is 10.0. The van der Waals surface area contributed by atoms with Gasteiger partial charge in [-0.25, -0.2) is 9.18 Å². The molecule has 1 fully saturated rings. The summed E-state index contributed by atoms with van der Waals surface area (Å²) in [6.07, 6.45) is 1.78. The van der Waals surface area contributed by atoms with Crippen LogP contribution in [0.3, 0.4) is 0 Å². The molecule has 3 rings (SSSR count). The first-order valence-corrected chi connectivity index (χ1v) is 10.9. The van der Waals surface area contributed by atoms with Crippen molar-refractivity contribution in [3.63, 3.8) is 0 Å². The van der Waals surface area contributed by atoms with Crippen LogP contribution >= 0.6 is 27.3 Å². The van der Waals surface area contributed by atoms with Gasteiger partial charge in [-0.05, 0) is 52.5 Å². The van der Waals surface area contributed by atoms with E-state index in [2.05, 4.69) is 26.1 Å². The lowest BCUT2D eigenvalue weighted by Gasteiger charge is -2.33. The number of hydrogen-bond donors (Lipinski definition) is 1. The second-order valence-corrected chi connectivity index (χ2v) is 8.97. The first-order valence-electron chi connectivity index (χ1n) is 9.24. The molecule has 0 aliphatic carbocycles. The minimum Gasteiger partial charge on any atom is -0.494 e. The van der Waals surface area contributed by atoms with Gasteiger partial charge >= 0.3 is 6.03 Å². The molecule has 1 saturated heterocycles. The predicted molar refractivity (Wildman–Crippen MR) is 113 cm³/mol. The summed E-state index contributed by atoms with van der Waals surface area (Å²) in [4.78, 5) is 17.6. The number of amides is 2. The van der Waals surface area contributed by atoms with Crippen LogP contribution in [0.2, 0.25) is 0 Å². The molecule has 0 bridgehead atoms. The highest BCUT2D eigenvalue weighted by Crippen LogP contribution is 2.22. The van der Waals surface area contributed by atoms with Crippen LogP contribution in [0.1, 0.15) is 23.3 Å². The molecule has 0 spiro atoms. The number of nitrogens with one attached hydrogen (secondary N) is 1. The zero-order chi connectivity index (χ0) is 20.1. The number of ether oxygens (including phenoxy) is 1. The first-order chi connectivity index (χ1) is 13.4. The average molecular weight is 470 g/mol. The Morgan fingerprint density at radius 2 is 2.14 bits per heavy atom. The zero-order valence-corrected chi connectivity index (χ0v) is 18.5. The maximum Gasteiger partial charge on any atom is 0.317 e. The normalized spacial score (nSPS) is 15.4. The molecule has 8 heteroatoms. The third-order valence-electron chi connectivity index (χ3n) is 4.90. The number of piperidine rings is 1. The zero-order valence-electron chi connectivity index (χ0n) is 16.1. The van der Waals surface area contributed by atoms with Crippen LogP contribution in [0.4, 0.5) is 9.18 Å². The van der Waals surface area contributed by atoms with Crippen LogP contribution in [-0.4, -0.2) is 49.1 Å². The van der Waals surface area contributed by atoms with Crippen molar-refractivity contribution >= 4 is 33.3 Å². The molecule has 1 aliphatic rings. The van der Waals surface area contributed by atoms with Crippen LogP contribution in [0, 0.1) is 5.82 Å². The molecule has 1 aromatic heterocycles. The largest absolute Gasteiger partial charge is 0.494 e. The highest BCUT2D eigenvalue weighted by atomic mass is 79.9. The van der Waals surface area contributed by atoms with Gasteiger partial charge in [0.1, 0.15) is 0 Å². The Bertz CT molecular complexity index is 808. The monoisotopic (exact) mass is 469 g/mol. The number of thiophene rings is 1. The predicted octanol–water partition coefficient (Wildman–Crippen LogP) is 4.46. The van der Waals surface area contributed by atoms with E-state index in [4.69, 9.17) is 4.74 Å². The van der Waals surface area contributed by atoms with Crippen LogP contribution in [-0.2, 0) is 13.1 Å². The minimum atomic E-state index is -0.331. The molecule has 0 unspecified atom stereocenters. The molecule has 0 saturated carbocycles. The number of benzene rings is 1. The molecular formula is C20H25BrFN3O2S. The maximum atomic E-state index is 13.8. The Kier molecular flexibility index (Phi) is 7.31. The van der Waals surface area contributed by atoms with Crippen LogP contribution < -0.4 is 10.1 Å². The number of likely N-dealkylation sites (tertiary alicyclic amines) is 1. The van der Waals surface area contributed by atoms with Gasteiger partial charge in [0.2, 0.25) is 0 Å². The third kappa shape index (κ3) is 5.68. The molecule has 152 valence electrons. The van der Waals surface area contributed by atoms with E-state index in [1.807, 2.05) is 24.6 Å². The van der Waals surface area contributed by atoms with Gasteiger partial charge in [0.05, 0.1) is 13.7 Å². The summed E-state index contributed by atoms with van der Waals surface area (Å²) < 4.78 is 19.9. The lowest BCUT2D eigenvalue weighted by molar-refractivity contribution is 0.173. The fraction of sp³-hybridized carbons (Fsp3) is 0.450. The third-order valence-corrected chi connectivity index (χ3v) is 6.58. The molecule has 1 aliphatic heterocycles. The van der Waals surface area contributed by atoms with E-state index in [9.17, 15) is 9.18 Å². The highest BCUT2D eigenvalue weighted by Gasteiger charge is 2.22. The first kappa shape index (κ1) is 21.1. The van der Waals surface area contributed by atoms with Crippen molar-refractivity contribution in [1.29, 1.82) is 0 Å². The van der Waals surface area contributed by atoms with Crippen LogP contribution in [0.15, 0.2) is 34.1 Å². The number of carbonyl (C=O) groups excluding carboxylic acids is 1. The average Bonchev–Trinajstić information content (AvgIpc) is 3.08. The molecule has 2 heterocycles. The van der Waals surface area contributed by atoms with E-state index >= 15 is 0 Å². The molecule has 0 radical (unpaired) electrons. The van der Waals surface area contributed by atoms with Gasteiger partial charge < -0.3 is 15.0 Å². The van der Waals surface area contributed by atoms with Gasteiger partial charge in [-0.1, -0.05) is 6.07 Å². The summed E-state index contributed by atoms with van der Waals surface area (Å²) in [5.74, 6) is -0.0628. The van der Waals surface area contributed by atoms with E-state index in [1.54, 1.807) is 22.3 Å². The Hall–Kier alpha value is -1.64. The van der Waals surface area contributed by atoms with E-state index in [0.29, 0.717) is 13.1 Å². The van der Waals surface area contributed by atoms with E-state index < -0.39 is 0 Å². The van der Waals surface area contributed by atoms with Crippen molar-refractivity contribution in [3.05, 3.63) is 50.4 Å². The molecule has 1 N–H and O–H groups in total. The number of urea groups is 1. The number of methoxy groups -OCH3 is 1. The SMILES string of the molecule is COc1ccc(CN2CCC(NC(=O)N(C)Cc3cc(Br)cs3)CC2)cc1F. The second-order valence-electron chi connectivity index (χ2n) is 7.06. The van der Waals surface area contributed by atoms with Crippen LogP contribution in [0.25, 0.3) is 0 Å². The Balaban J connectivity index is 1.43. The van der Waals surface area contributed by atoms with E-state index in [1.165, 1.54) is 13.2 Å². The number of carbonyl (C=O) groups is 1. The smallest absolute Gasteiger partial charge is 0.317 e. The molecule has 5 nitrogen and oxygen atoms in total. The van der Waals surface area contributed by atoms with Gasteiger partial charge in [-0.15, -0.1) is 11.3 Å². The summed E-state index contributed by atoms with van der Waals surface area (Å²) in [6.45, 7) is 3.05. The Morgan fingerprint density at radius 1 is 1.39 bits per heavy atom. The summed E-state index contributed by atoms with van der Waals surface area (Å²) >= 11 is 5.07. The fourth-order valence-corrected chi connectivity index (χ4v) is 4.83. The van der Waals surface area contributed by atoms with Crippen molar-refractivity contribution in [3.8, 4) is 5.75 Å². The van der Waals surface area contributed by atoms with Crippen molar-refractivity contribution < 1.29 is 13.9 Å². The highest BCUT2D eigenvalue weighted by molar-refractivity contribution is 9.10. The topological polar surface area (TPSA) is 44.8 Å². The molecule has 28 heavy (non-hydrogen) atoms. The van der Waals surface area contributed by atoms with Gasteiger partial charge in [-0.2, -0.15) is 0 Å². The maximum absolute atomic E-state index is 13.8. The van der Waals surface area contributed by atoms with Gasteiger partial charge in [0.15, 0.2) is 11.6 Å². The summed E-state index contributed by atoms with van der Waals surface area (Å²) in [7, 11) is 3.28. The quantitative estimate of drug-likeness (QED) is 0.678. The number of hydrogen-bond acceptors (Lipinski definition) is 4. The number of nitrogens with zero attached hydrogens (tertiary/aromatic N) is 2. The molecular weight excluding hydrogens is 445 g/mol. The van der Waals surface area contributed by atoms with Gasteiger partial charge in [-0.3, -0.25) is 4.90 Å². The van der Waals surface area contributed by atoms with Gasteiger partial charge in [0, 0.05) is 47.5 Å². The minimum absolute atomic E-state index is 0.0415. The summed E-state index contributed by atoms with van der Waals surface area (Å²) in [5.41, 5.74) is 0.933. The second kappa shape index (κ2) is 9.71. The molecule has 0 atom stereocenters. The summed E-state index contributed by atoms with van der Waals surface area (Å²) in [6, 6.07) is 7.27. The van der Waals surface area contributed by atoms with E-state index in [0.717, 1.165) is 40.8 Å². The van der Waals surface area contributed by atoms with Crippen molar-refractivity contribution in [1.82, 2.24) is 15.1 Å². The number of rotatable bonds is 6. The lowest BCUT2D eigenvalue weighted by Crippen LogP contribution is -2.47. The van der Waals surface area contributed by atoms with Crippen molar-refractivity contribution in [2.75, 3.05) is 27.2 Å². The number of halogens is 2. The fourth-order valence-electron chi connectivity index (χ4n) is 3.33. The summed E-state index contributed by atoms with van der Waals surface area (Å²) in [5, 5.41) is 5.15. The Morgan fingerprint density at radius 3 is 2.75 bits per heavy atom. The molecule has 2 amide bonds. The van der Waals surface area contributed by atoms with E-state index in [-0.39, 0.29) is 23.6 Å².